The van der Waals surface area contributed by atoms with Crippen LogP contribution in [0.2, 0.25) is 0 Å². The van der Waals surface area contributed by atoms with E-state index in [4.69, 9.17) is 5.73 Å². The van der Waals surface area contributed by atoms with Gasteiger partial charge in [-0.15, -0.1) is 0 Å². The molecule has 14 heavy (non-hydrogen) atoms. The van der Waals surface area contributed by atoms with Crippen LogP contribution in [-0.4, -0.2) is 5.78 Å². The third kappa shape index (κ3) is 1.50. The lowest BCUT2D eigenvalue weighted by atomic mass is 9.95. The Labute approximate surface area is 81.9 Å². The lowest BCUT2D eigenvalue weighted by molar-refractivity contribution is -0.118. The fourth-order valence-electron chi connectivity index (χ4n) is 2.01. The molecule has 1 saturated carbocycles. The van der Waals surface area contributed by atoms with E-state index in [0.717, 1.165) is 18.4 Å². The third-order valence-corrected chi connectivity index (χ3v) is 2.73. The number of carbonyl (C=O) groups excluding carboxylic acids is 1. The van der Waals surface area contributed by atoms with E-state index in [2.05, 4.69) is 0 Å². The van der Waals surface area contributed by atoms with Gasteiger partial charge in [0.1, 0.15) is 11.6 Å². The van der Waals surface area contributed by atoms with Crippen LogP contribution in [0.4, 0.5) is 10.1 Å². The second-order valence-electron chi connectivity index (χ2n) is 3.68. The summed E-state index contributed by atoms with van der Waals surface area (Å²) in [6.45, 7) is 0. The second kappa shape index (κ2) is 3.40. The molecule has 74 valence electrons. The highest BCUT2D eigenvalue weighted by Gasteiger charge is 2.27. The average Bonchev–Trinajstić information content (AvgIpc) is 2.52. The molecule has 1 fully saturated rings. The maximum absolute atomic E-state index is 12.8. The summed E-state index contributed by atoms with van der Waals surface area (Å²) in [5.41, 5.74) is 6.85. The fraction of sp³-hybridized carbons (Fsp3) is 0.364. The summed E-state index contributed by atoms with van der Waals surface area (Å²) >= 11 is 0. The Morgan fingerprint density at radius 1 is 1.43 bits per heavy atom. The van der Waals surface area contributed by atoms with Gasteiger partial charge in [-0.1, -0.05) is 6.07 Å². The number of ketones is 1. The van der Waals surface area contributed by atoms with Gasteiger partial charge in [-0.25, -0.2) is 4.39 Å². The highest BCUT2D eigenvalue weighted by atomic mass is 19.1. The number of Topliss-reactive ketones (excluding diaryl/α,β-unsaturated/α-hetero) is 1. The molecular weight excluding hydrogens is 181 g/mol. The predicted octanol–water partition coefficient (Wildman–Crippen LogP) is 2.24. The molecule has 0 aromatic heterocycles. The van der Waals surface area contributed by atoms with Gasteiger partial charge in [0.15, 0.2) is 0 Å². The lowest BCUT2D eigenvalue weighted by Gasteiger charge is -2.11. The van der Waals surface area contributed by atoms with Gasteiger partial charge >= 0.3 is 0 Å². The molecule has 3 heteroatoms. The number of hydrogen-bond acceptors (Lipinski definition) is 2. The van der Waals surface area contributed by atoms with Crippen molar-refractivity contribution in [2.75, 3.05) is 5.73 Å². The number of hydrogen-bond donors (Lipinski definition) is 1. The van der Waals surface area contributed by atoms with Gasteiger partial charge < -0.3 is 5.73 Å². The Morgan fingerprint density at radius 2 is 2.21 bits per heavy atom. The van der Waals surface area contributed by atoms with Crippen LogP contribution in [0.3, 0.4) is 0 Å². The minimum Gasteiger partial charge on any atom is -0.398 e. The Bertz CT molecular complexity index is 376. The topological polar surface area (TPSA) is 43.1 Å². The molecule has 0 heterocycles. The first-order valence-electron chi connectivity index (χ1n) is 4.76. The van der Waals surface area contributed by atoms with Gasteiger partial charge in [-0.2, -0.15) is 0 Å². The highest BCUT2D eigenvalue weighted by molar-refractivity contribution is 5.89. The Balaban J connectivity index is 2.36. The first-order chi connectivity index (χ1) is 6.68. The summed E-state index contributed by atoms with van der Waals surface area (Å²) in [7, 11) is 0. The third-order valence-electron chi connectivity index (χ3n) is 2.73. The fourth-order valence-corrected chi connectivity index (χ4v) is 2.01. The number of nitrogens with two attached hydrogens (primary N) is 1. The SMILES string of the molecule is Nc1cc(F)ccc1C1CCCC1=O. The molecule has 1 atom stereocenters. The van der Waals surface area contributed by atoms with Crippen molar-refractivity contribution < 1.29 is 9.18 Å². The van der Waals surface area contributed by atoms with Crippen LogP contribution in [0.5, 0.6) is 0 Å². The van der Waals surface area contributed by atoms with Crippen LogP contribution in [0, 0.1) is 5.82 Å². The molecule has 0 saturated heterocycles. The normalized spacial score (nSPS) is 21.5. The zero-order chi connectivity index (χ0) is 10.1. The smallest absolute Gasteiger partial charge is 0.140 e. The molecule has 2 rings (SSSR count). The van der Waals surface area contributed by atoms with Gasteiger partial charge in [-0.3, -0.25) is 4.79 Å². The van der Waals surface area contributed by atoms with E-state index in [1.807, 2.05) is 0 Å². The second-order valence-corrected chi connectivity index (χ2v) is 3.68. The van der Waals surface area contributed by atoms with Crippen molar-refractivity contribution in [1.82, 2.24) is 0 Å². The Morgan fingerprint density at radius 3 is 2.79 bits per heavy atom. The van der Waals surface area contributed by atoms with E-state index in [9.17, 15) is 9.18 Å². The molecule has 0 aliphatic heterocycles. The Kier molecular flexibility index (Phi) is 2.23. The van der Waals surface area contributed by atoms with Crippen LogP contribution >= 0.6 is 0 Å². The van der Waals surface area contributed by atoms with E-state index in [1.165, 1.54) is 12.1 Å². The summed E-state index contributed by atoms with van der Waals surface area (Å²) in [5.74, 6) is -0.226. The molecule has 2 N–H and O–H groups in total. The quantitative estimate of drug-likeness (QED) is 0.695. The number of anilines is 1. The first-order valence-corrected chi connectivity index (χ1v) is 4.76. The van der Waals surface area contributed by atoms with E-state index in [-0.39, 0.29) is 17.5 Å². The summed E-state index contributed by atoms with van der Waals surface area (Å²) < 4.78 is 12.8. The van der Waals surface area contributed by atoms with Crippen LogP contribution in [0.25, 0.3) is 0 Å². The summed E-state index contributed by atoms with van der Waals surface area (Å²) in [6, 6.07) is 4.26. The molecule has 1 aromatic rings. The number of nitrogen functional groups attached to an aromatic ring is 1. The van der Waals surface area contributed by atoms with E-state index in [0.29, 0.717) is 12.1 Å². The number of rotatable bonds is 1. The van der Waals surface area contributed by atoms with Gasteiger partial charge in [0.25, 0.3) is 0 Å². The molecule has 0 radical (unpaired) electrons. The molecule has 1 unspecified atom stereocenters. The molecule has 1 aromatic carbocycles. The maximum Gasteiger partial charge on any atom is 0.140 e. The van der Waals surface area contributed by atoms with Crippen molar-refractivity contribution in [3.05, 3.63) is 29.6 Å². The zero-order valence-electron chi connectivity index (χ0n) is 7.79. The first kappa shape index (κ1) is 9.19. The molecule has 0 amide bonds. The number of benzene rings is 1. The molecule has 0 spiro atoms. The van der Waals surface area contributed by atoms with Crippen LogP contribution in [0.1, 0.15) is 30.7 Å². The van der Waals surface area contributed by atoms with Crippen LogP contribution in [-0.2, 0) is 4.79 Å². The predicted molar refractivity (Wildman–Crippen MR) is 52.4 cm³/mol. The largest absolute Gasteiger partial charge is 0.398 e. The lowest BCUT2D eigenvalue weighted by Crippen LogP contribution is -2.07. The summed E-state index contributed by atoms with van der Waals surface area (Å²) in [4.78, 5) is 11.5. The van der Waals surface area contributed by atoms with Crippen molar-refractivity contribution in [3.63, 3.8) is 0 Å². The minimum atomic E-state index is -0.350. The van der Waals surface area contributed by atoms with Crippen molar-refractivity contribution in [2.24, 2.45) is 0 Å². The molecule has 1 aliphatic rings. The minimum absolute atomic E-state index is 0.101. The summed E-state index contributed by atoms with van der Waals surface area (Å²) in [6.07, 6.45) is 2.39. The van der Waals surface area contributed by atoms with Crippen LogP contribution in [0.15, 0.2) is 18.2 Å². The Hall–Kier alpha value is -1.38. The van der Waals surface area contributed by atoms with Gasteiger partial charge in [0.05, 0.1) is 0 Å². The number of carbonyl (C=O) groups is 1. The number of halogens is 1. The monoisotopic (exact) mass is 193 g/mol. The summed E-state index contributed by atoms with van der Waals surface area (Å²) in [5, 5.41) is 0. The van der Waals surface area contributed by atoms with Crippen LogP contribution < -0.4 is 5.73 Å². The standard InChI is InChI=1S/C11H12FNO/c12-7-4-5-8(10(13)6-7)9-2-1-3-11(9)14/h4-6,9H,1-3,13H2. The van der Waals surface area contributed by atoms with E-state index >= 15 is 0 Å². The van der Waals surface area contributed by atoms with Gasteiger partial charge in [-0.05, 0) is 30.5 Å². The van der Waals surface area contributed by atoms with Gasteiger partial charge in [0, 0.05) is 18.0 Å². The van der Waals surface area contributed by atoms with Crippen molar-refractivity contribution >= 4 is 11.5 Å². The highest BCUT2D eigenvalue weighted by Crippen LogP contribution is 2.34. The maximum atomic E-state index is 12.8. The molecule has 0 bridgehead atoms. The van der Waals surface area contributed by atoms with Crippen molar-refractivity contribution in [2.45, 2.75) is 25.2 Å². The van der Waals surface area contributed by atoms with E-state index in [1.54, 1.807) is 6.07 Å². The van der Waals surface area contributed by atoms with E-state index < -0.39 is 0 Å². The van der Waals surface area contributed by atoms with Crippen molar-refractivity contribution in [3.8, 4) is 0 Å². The average molecular weight is 193 g/mol. The molecular formula is C11H12FNO. The zero-order valence-corrected chi connectivity index (χ0v) is 7.79. The van der Waals surface area contributed by atoms with Crippen molar-refractivity contribution in [1.29, 1.82) is 0 Å². The molecule has 1 aliphatic carbocycles. The molecule has 2 nitrogen and oxygen atoms in total. The van der Waals surface area contributed by atoms with Gasteiger partial charge in [0.2, 0.25) is 0 Å².